The molecule has 14 heteroatoms. The van der Waals surface area contributed by atoms with Crippen LogP contribution in [0.25, 0.3) is 11.1 Å². The van der Waals surface area contributed by atoms with Crippen molar-refractivity contribution < 1.29 is 62.9 Å². The first-order valence-corrected chi connectivity index (χ1v) is 13.1. The molecule has 232 valence electrons. The molecule has 5 rings (SSSR count). The molecule has 2 aliphatic rings. The van der Waals surface area contributed by atoms with Crippen molar-refractivity contribution in [2.75, 3.05) is 13.2 Å². The molecule has 1 aliphatic carbocycles. The van der Waals surface area contributed by atoms with Crippen LogP contribution < -0.4 is 9.47 Å². The van der Waals surface area contributed by atoms with Crippen LogP contribution in [0.15, 0.2) is 42.5 Å². The Morgan fingerprint density at radius 1 is 0.651 bits per heavy atom. The molecule has 0 bridgehead atoms. The van der Waals surface area contributed by atoms with Crippen molar-refractivity contribution in [2.24, 2.45) is 11.8 Å². The number of hydrogen-bond acceptors (Lipinski definition) is 4. The van der Waals surface area contributed by atoms with E-state index in [1.54, 1.807) is 0 Å². The van der Waals surface area contributed by atoms with Crippen molar-refractivity contribution in [3.63, 3.8) is 0 Å². The monoisotopic (exact) mass is 624 g/mol. The van der Waals surface area contributed by atoms with Gasteiger partial charge in [0.25, 0.3) is 0 Å². The van der Waals surface area contributed by atoms with Crippen molar-refractivity contribution in [3.05, 3.63) is 82.7 Å². The molecule has 0 N–H and O–H groups in total. The van der Waals surface area contributed by atoms with Gasteiger partial charge in [0, 0.05) is 29.2 Å². The van der Waals surface area contributed by atoms with Crippen LogP contribution in [0.2, 0.25) is 0 Å². The smallest absolute Gasteiger partial charge is 0.429 e. The molecule has 1 saturated heterocycles. The molecule has 1 heterocycles. The molecule has 0 radical (unpaired) electrons. The summed E-state index contributed by atoms with van der Waals surface area (Å²) >= 11 is 0. The lowest BCUT2D eigenvalue weighted by Gasteiger charge is -2.32. The SMILES string of the molecule is Fc1cc(C2OCC(C3CCCC3)CO2)ccc1-c1cc(F)c(C(F)(F)Oc2cc(F)c(OC(F)(F)F)c(F)c2)c(F)c1. The molecule has 4 nitrogen and oxygen atoms in total. The van der Waals surface area contributed by atoms with E-state index in [-0.39, 0.29) is 23.6 Å². The third-order valence-electron chi connectivity index (χ3n) is 7.33. The Bertz CT molecular complexity index is 1430. The summed E-state index contributed by atoms with van der Waals surface area (Å²) < 4.78 is 158. The Hall–Kier alpha value is -3.52. The number of ether oxygens (including phenoxy) is 4. The second-order valence-corrected chi connectivity index (χ2v) is 10.2. The van der Waals surface area contributed by atoms with Crippen molar-refractivity contribution in [1.82, 2.24) is 0 Å². The zero-order valence-corrected chi connectivity index (χ0v) is 21.9. The fraction of sp³-hybridized carbons (Fsp3) is 0.379. The van der Waals surface area contributed by atoms with Gasteiger partial charge in [-0.1, -0.05) is 37.8 Å². The largest absolute Gasteiger partial charge is 0.573 e. The first-order chi connectivity index (χ1) is 20.2. The Morgan fingerprint density at radius 3 is 1.77 bits per heavy atom. The number of benzene rings is 3. The summed E-state index contributed by atoms with van der Waals surface area (Å²) in [4.78, 5) is 0. The quantitative estimate of drug-likeness (QED) is 0.246. The second kappa shape index (κ2) is 11.9. The van der Waals surface area contributed by atoms with E-state index in [9.17, 15) is 39.5 Å². The van der Waals surface area contributed by atoms with Gasteiger partial charge < -0.3 is 18.9 Å². The molecular weight excluding hydrogens is 602 g/mol. The predicted molar refractivity (Wildman–Crippen MR) is 129 cm³/mol. The van der Waals surface area contributed by atoms with Gasteiger partial charge in [-0.25, -0.2) is 22.0 Å². The van der Waals surface area contributed by atoms with Gasteiger partial charge in [-0.05, 0) is 29.7 Å². The number of hydrogen-bond donors (Lipinski definition) is 0. The van der Waals surface area contributed by atoms with E-state index in [2.05, 4.69) is 9.47 Å². The van der Waals surface area contributed by atoms with Crippen LogP contribution in [0, 0.1) is 40.9 Å². The molecule has 43 heavy (non-hydrogen) atoms. The Labute approximate surface area is 238 Å². The first kappa shape index (κ1) is 30.9. The molecule has 0 unspecified atom stereocenters. The van der Waals surface area contributed by atoms with Crippen LogP contribution in [0.4, 0.5) is 43.9 Å². The van der Waals surface area contributed by atoms with Crippen LogP contribution in [-0.2, 0) is 15.6 Å². The molecular formula is C29H22F10O4. The maximum atomic E-state index is 15.0. The standard InChI is InChI=1S/C29H22F10O4/c30-20-7-15(27-40-12-17(13-41-27)14-3-1-2-4-14)5-6-19(20)16-8-21(31)25(22(32)9-16)28(35,36)42-18-10-23(33)26(24(34)11-18)43-29(37,38)39/h5-11,14,17,27H,1-4,12-13H2. The highest BCUT2D eigenvalue weighted by Crippen LogP contribution is 2.41. The molecule has 3 aromatic rings. The minimum Gasteiger partial charge on any atom is -0.429 e. The average molecular weight is 624 g/mol. The van der Waals surface area contributed by atoms with Crippen LogP contribution >= 0.6 is 0 Å². The summed E-state index contributed by atoms with van der Waals surface area (Å²) in [5.41, 5.74) is -2.50. The maximum Gasteiger partial charge on any atom is 0.573 e. The summed E-state index contributed by atoms with van der Waals surface area (Å²) in [5, 5.41) is 0. The highest BCUT2D eigenvalue weighted by molar-refractivity contribution is 5.65. The summed E-state index contributed by atoms with van der Waals surface area (Å²) in [6.07, 6.45) is -6.77. The summed E-state index contributed by atoms with van der Waals surface area (Å²) in [6, 6.07) is 4.22. The van der Waals surface area contributed by atoms with Crippen molar-refractivity contribution in [1.29, 1.82) is 0 Å². The van der Waals surface area contributed by atoms with E-state index in [0.29, 0.717) is 36.8 Å². The van der Waals surface area contributed by atoms with Gasteiger partial charge >= 0.3 is 12.5 Å². The lowest BCUT2D eigenvalue weighted by molar-refractivity contribution is -0.276. The molecule has 0 atom stereocenters. The topological polar surface area (TPSA) is 36.9 Å². The van der Waals surface area contributed by atoms with Crippen molar-refractivity contribution in [3.8, 4) is 22.6 Å². The van der Waals surface area contributed by atoms with Crippen LogP contribution in [0.1, 0.15) is 43.1 Å². The molecule has 3 aromatic carbocycles. The van der Waals surface area contributed by atoms with E-state index in [1.165, 1.54) is 12.1 Å². The van der Waals surface area contributed by atoms with Crippen LogP contribution in [-0.4, -0.2) is 19.6 Å². The number of alkyl halides is 5. The van der Waals surface area contributed by atoms with E-state index in [1.807, 2.05) is 0 Å². The van der Waals surface area contributed by atoms with Crippen molar-refractivity contribution >= 4 is 0 Å². The Balaban J connectivity index is 1.32. The van der Waals surface area contributed by atoms with Crippen LogP contribution in [0.5, 0.6) is 11.5 Å². The summed E-state index contributed by atoms with van der Waals surface area (Å²) in [5.74, 6) is -11.5. The Kier molecular flexibility index (Phi) is 8.54. The minimum atomic E-state index is -5.50. The minimum absolute atomic E-state index is 0.0895. The fourth-order valence-electron chi connectivity index (χ4n) is 5.34. The van der Waals surface area contributed by atoms with Gasteiger partial charge in [0.05, 0.1) is 13.2 Å². The third-order valence-corrected chi connectivity index (χ3v) is 7.33. The van der Waals surface area contributed by atoms with E-state index < -0.39 is 70.5 Å². The van der Waals surface area contributed by atoms with Gasteiger partial charge in [0.15, 0.2) is 17.9 Å². The average Bonchev–Trinajstić information content (AvgIpc) is 3.45. The first-order valence-electron chi connectivity index (χ1n) is 13.1. The zero-order chi connectivity index (χ0) is 31.1. The van der Waals surface area contributed by atoms with Crippen LogP contribution in [0.3, 0.4) is 0 Å². The highest BCUT2D eigenvalue weighted by atomic mass is 19.4. The van der Waals surface area contributed by atoms with Gasteiger partial charge in [0.2, 0.25) is 5.75 Å². The number of rotatable bonds is 7. The Morgan fingerprint density at radius 2 is 1.23 bits per heavy atom. The normalized spacial score (nSPS) is 20.0. The van der Waals surface area contributed by atoms with Gasteiger partial charge in [0.1, 0.15) is 28.8 Å². The molecule has 1 saturated carbocycles. The third kappa shape index (κ3) is 6.85. The highest BCUT2D eigenvalue weighted by Gasteiger charge is 2.42. The molecule has 0 spiro atoms. The zero-order valence-electron chi connectivity index (χ0n) is 21.9. The molecule has 0 amide bonds. The van der Waals surface area contributed by atoms with E-state index >= 15 is 4.39 Å². The second-order valence-electron chi connectivity index (χ2n) is 10.2. The van der Waals surface area contributed by atoms with Gasteiger partial charge in [-0.3, -0.25) is 0 Å². The van der Waals surface area contributed by atoms with Crippen molar-refractivity contribution in [2.45, 2.75) is 44.4 Å². The fourth-order valence-corrected chi connectivity index (χ4v) is 5.34. The molecule has 0 aromatic heterocycles. The lowest BCUT2D eigenvalue weighted by Crippen LogP contribution is -2.31. The molecule has 1 aliphatic heterocycles. The lowest BCUT2D eigenvalue weighted by atomic mass is 9.91. The van der Waals surface area contributed by atoms with E-state index in [0.717, 1.165) is 31.7 Å². The molecule has 2 fully saturated rings. The number of halogens is 10. The summed E-state index contributed by atoms with van der Waals surface area (Å²) in [7, 11) is 0. The predicted octanol–water partition coefficient (Wildman–Crippen LogP) is 8.93. The van der Waals surface area contributed by atoms with Gasteiger partial charge in [-0.2, -0.15) is 8.78 Å². The maximum absolute atomic E-state index is 15.0. The summed E-state index contributed by atoms with van der Waals surface area (Å²) in [6.45, 7) is 0.856. The van der Waals surface area contributed by atoms with E-state index in [4.69, 9.17) is 9.47 Å². The van der Waals surface area contributed by atoms with Gasteiger partial charge in [-0.15, -0.1) is 13.2 Å².